The minimum Gasteiger partial charge on any atom is -0.497 e. The van der Waals surface area contributed by atoms with Gasteiger partial charge in [-0.3, -0.25) is 9.78 Å². The highest BCUT2D eigenvalue weighted by atomic mass is 19.1. The summed E-state index contributed by atoms with van der Waals surface area (Å²) in [6, 6.07) is 11.8. The van der Waals surface area contributed by atoms with E-state index in [0.717, 1.165) is 16.7 Å². The predicted molar refractivity (Wildman–Crippen MR) is 104 cm³/mol. The molecule has 1 aromatic carbocycles. The third-order valence-corrected chi connectivity index (χ3v) is 4.31. The fraction of sp³-hybridized carbons (Fsp3) is 0.190. The number of nitrogens with zero attached hydrogens (tertiary/aromatic N) is 2. The largest absolute Gasteiger partial charge is 0.497 e. The maximum atomic E-state index is 13.3. The topological polar surface area (TPSA) is 90.1 Å². The molecule has 1 amide bonds. The Balaban J connectivity index is 1.85. The van der Waals surface area contributed by atoms with Gasteiger partial charge in [-0.05, 0) is 54.4 Å². The van der Waals surface area contributed by atoms with E-state index in [2.05, 4.69) is 15.3 Å². The van der Waals surface area contributed by atoms with Crippen LogP contribution in [0.4, 0.5) is 4.39 Å². The van der Waals surface area contributed by atoms with Crippen molar-refractivity contribution >= 4 is 5.91 Å². The number of hydrogen-bond acceptors (Lipinski definition) is 5. The van der Waals surface area contributed by atoms with Crippen molar-refractivity contribution in [2.45, 2.75) is 20.0 Å². The first-order valence-electron chi connectivity index (χ1n) is 8.75. The van der Waals surface area contributed by atoms with Crippen LogP contribution in [-0.4, -0.2) is 23.0 Å². The van der Waals surface area contributed by atoms with E-state index in [1.165, 1.54) is 6.07 Å². The van der Waals surface area contributed by atoms with Crippen LogP contribution in [0.15, 0.2) is 48.7 Å². The maximum Gasteiger partial charge on any atom is 0.251 e. The molecule has 2 aromatic heterocycles. The molecule has 0 saturated carbocycles. The molecule has 0 saturated heterocycles. The number of nitrogens with one attached hydrogen (secondary N) is 1. The van der Waals surface area contributed by atoms with E-state index in [1.807, 2.05) is 6.07 Å². The second kappa shape index (κ2) is 8.58. The van der Waals surface area contributed by atoms with Gasteiger partial charge in [0.15, 0.2) is 0 Å². The van der Waals surface area contributed by atoms with Crippen LogP contribution in [0, 0.1) is 12.9 Å². The molecule has 0 aliphatic heterocycles. The van der Waals surface area contributed by atoms with Crippen molar-refractivity contribution in [3.8, 4) is 16.9 Å². The number of aromatic nitrogens is 2. The van der Waals surface area contributed by atoms with Gasteiger partial charge in [0.2, 0.25) is 5.95 Å². The summed E-state index contributed by atoms with van der Waals surface area (Å²) in [6.07, 6.45) is 1.62. The molecule has 3 rings (SSSR count). The van der Waals surface area contributed by atoms with E-state index in [9.17, 15) is 9.18 Å². The van der Waals surface area contributed by atoms with Crippen LogP contribution in [-0.2, 0) is 13.1 Å². The number of amides is 1. The standard InChI is InChI=1S/C21H21FN4O2/c1-13-19(3-4-20(22)26-13)15-7-14(11-23)8-16(9-15)21(27)25-12-17-10-18(28-2)5-6-24-17/h3-10H,11-12,23H2,1-2H3,(H,25,27). The Bertz CT molecular complexity index is 1010. The zero-order valence-corrected chi connectivity index (χ0v) is 15.7. The third kappa shape index (κ3) is 4.50. The lowest BCUT2D eigenvalue weighted by Crippen LogP contribution is -2.23. The minimum absolute atomic E-state index is 0.256. The van der Waals surface area contributed by atoms with Crippen molar-refractivity contribution in [1.82, 2.24) is 15.3 Å². The van der Waals surface area contributed by atoms with E-state index < -0.39 is 5.95 Å². The summed E-state index contributed by atoms with van der Waals surface area (Å²) in [7, 11) is 1.57. The van der Waals surface area contributed by atoms with E-state index in [0.29, 0.717) is 22.7 Å². The number of methoxy groups -OCH3 is 1. The quantitative estimate of drug-likeness (QED) is 0.642. The first-order valence-corrected chi connectivity index (χ1v) is 8.75. The number of aryl methyl sites for hydroxylation is 1. The molecule has 0 aliphatic carbocycles. The Morgan fingerprint density at radius 2 is 2.04 bits per heavy atom. The zero-order valence-electron chi connectivity index (χ0n) is 15.7. The average molecular weight is 380 g/mol. The number of halogens is 1. The number of rotatable bonds is 6. The third-order valence-electron chi connectivity index (χ3n) is 4.31. The van der Waals surface area contributed by atoms with Crippen LogP contribution in [0.1, 0.15) is 27.3 Å². The molecular formula is C21H21FN4O2. The van der Waals surface area contributed by atoms with Crippen molar-refractivity contribution < 1.29 is 13.9 Å². The number of ether oxygens (including phenoxy) is 1. The van der Waals surface area contributed by atoms with Gasteiger partial charge < -0.3 is 15.8 Å². The lowest BCUT2D eigenvalue weighted by Gasteiger charge is -2.11. The Morgan fingerprint density at radius 1 is 1.21 bits per heavy atom. The maximum absolute atomic E-state index is 13.3. The fourth-order valence-corrected chi connectivity index (χ4v) is 2.88. The molecule has 0 spiro atoms. The van der Waals surface area contributed by atoms with Crippen molar-refractivity contribution in [1.29, 1.82) is 0 Å². The molecule has 3 aromatic rings. The summed E-state index contributed by atoms with van der Waals surface area (Å²) in [5.41, 5.74) is 9.79. The van der Waals surface area contributed by atoms with E-state index in [1.54, 1.807) is 50.6 Å². The lowest BCUT2D eigenvalue weighted by molar-refractivity contribution is 0.0950. The predicted octanol–water partition coefficient (Wildman–Crippen LogP) is 2.99. The Labute approximate surface area is 162 Å². The Kier molecular flexibility index (Phi) is 5.96. The molecule has 7 heteroatoms. The van der Waals surface area contributed by atoms with E-state index in [4.69, 9.17) is 10.5 Å². The molecule has 0 fully saturated rings. The van der Waals surface area contributed by atoms with E-state index in [-0.39, 0.29) is 19.0 Å². The van der Waals surface area contributed by atoms with Crippen molar-refractivity contribution in [2.75, 3.05) is 7.11 Å². The second-order valence-electron chi connectivity index (χ2n) is 6.26. The Morgan fingerprint density at radius 3 is 2.75 bits per heavy atom. The Hall–Kier alpha value is -3.32. The summed E-state index contributed by atoms with van der Waals surface area (Å²) in [4.78, 5) is 20.7. The smallest absolute Gasteiger partial charge is 0.251 e. The number of nitrogens with two attached hydrogens (primary N) is 1. The molecule has 0 bridgehead atoms. The summed E-state index contributed by atoms with van der Waals surface area (Å²) in [5.74, 6) is -0.125. The van der Waals surface area contributed by atoms with Crippen LogP contribution in [0.2, 0.25) is 0 Å². The molecule has 3 N–H and O–H groups in total. The first kappa shape index (κ1) is 19.4. The van der Waals surface area contributed by atoms with Crippen molar-refractivity contribution in [3.63, 3.8) is 0 Å². The summed E-state index contributed by atoms with van der Waals surface area (Å²) in [5, 5.41) is 2.85. The molecule has 0 aliphatic rings. The first-order chi connectivity index (χ1) is 13.5. The highest BCUT2D eigenvalue weighted by molar-refractivity contribution is 5.95. The molecular weight excluding hydrogens is 359 g/mol. The molecule has 6 nitrogen and oxygen atoms in total. The zero-order chi connectivity index (χ0) is 20.1. The molecule has 0 unspecified atom stereocenters. The SMILES string of the molecule is COc1ccnc(CNC(=O)c2cc(CN)cc(-c3ccc(F)nc3C)c2)c1. The van der Waals surface area contributed by atoms with Gasteiger partial charge in [0.1, 0.15) is 5.75 Å². The molecule has 144 valence electrons. The molecule has 0 atom stereocenters. The summed E-state index contributed by atoms with van der Waals surface area (Å²) >= 11 is 0. The average Bonchev–Trinajstić information content (AvgIpc) is 2.71. The number of benzene rings is 1. The number of pyridine rings is 2. The van der Waals surface area contributed by atoms with Gasteiger partial charge in [-0.1, -0.05) is 0 Å². The van der Waals surface area contributed by atoms with Gasteiger partial charge in [0.25, 0.3) is 5.91 Å². The van der Waals surface area contributed by atoms with E-state index >= 15 is 0 Å². The van der Waals surface area contributed by atoms with Gasteiger partial charge >= 0.3 is 0 Å². The van der Waals surface area contributed by atoms with Gasteiger partial charge in [-0.15, -0.1) is 0 Å². The van der Waals surface area contributed by atoms with Crippen molar-refractivity contribution in [3.05, 3.63) is 77.1 Å². The molecule has 0 radical (unpaired) electrons. The highest BCUT2D eigenvalue weighted by Gasteiger charge is 2.12. The van der Waals surface area contributed by atoms with Gasteiger partial charge in [-0.2, -0.15) is 4.39 Å². The fourth-order valence-electron chi connectivity index (χ4n) is 2.88. The molecule has 28 heavy (non-hydrogen) atoms. The summed E-state index contributed by atoms with van der Waals surface area (Å²) < 4.78 is 18.5. The van der Waals surface area contributed by atoms with Gasteiger partial charge in [0.05, 0.1) is 19.3 Å². The van der Waals surface area contributed by atoms with Gasteiger partial charge in [-0.25, -0.2) is 4.98 Å². The van der Waals surface area contributed by atoms with Crippen LogP contribution in [0.3, 0.4) is 0 Å². The van der Waals surface area contributed by atoms with Crippen molar-refractivity contribution in [2.24, 2.45) is 5.73 Å². The normalized spacial score (nSPS) is 10.6. The van der Waals surface area contributed by atoms with Crippen LogP contribution < -0.4 is 15.8 Å². The molecule has 2 heterocycles. The lowest BCUT2D eigenvalue weighted by atomic mass is 9.98. The number of hydrogen-bond donors (Lipinski definition) is 2. The minimum atomic E-state index is -0.542. The van der Waals surface area contributed by atoms with Gasteiger partial charge in [0, 0.05) is 35.6 Å². The number of carbonyl (C=O) groups is 1. The van der Waals surface area contributed by atoms with Crippen LogP contribution in [0.5, 0.6) is 5.75 Å². The number of carbonyl (C=O) groups excluding carboxylic acids is 1. The second-order valence-corrected chi connectivity index (χ2v) is 6.26. The van der Waals surface area contributed by atoms with Crippen LogP contribution >= 0.6 is 0 Å². The monoisotopic (exact) mass is 380 g/mol. The summed E-state index contributed by atoms with van der Waals surface area (Å²) in [6.45, 7) is 2.26. The van der Waals surface area contributed by atoms with Crippen LogP contribution in [0.25, 0.3) is 11.1 Å². The highest BCUT2D eigenvalue weighted by Crippen LogP contribution is 2.25.